The second-order valence-corrected chi connectivity index (χ2v) is 6.19. The van der Waals surface area contributed by atoms with Crippen LogP contribution in [0, 0.1) is 0 Å². The Balaban J connectivity index is 1.70. The zero-order valence-electron chi connectivity index (χ0n) is 14.6. The van der Waals surface area contributed by atoms with Gasteiger partial charge >= 0.3 is 0 Å². The third kappa shape index (κ3) is 2.89. The number of piperidine rings is 1. The average Bonchev–Trinajstić information content (AvgIpc) is 3.08. The van der Waals surface area contributed by atoms with Gasteiger partial charge in [0.1, 0.15) is 11.7 Å². The zero-order valence-corrected chi connectivity index (χ0v) is 13.6. The van der Waals surface area contributed by atoms with Gasteiger partial charge in [-0.2, -0.15) is 5.10 Å². The molecular formula is C19H19FN4O. The van der Waals surface area contributed by atoms with Crippen LogP contribution in [0.1, 0.15) is 29.6 Å². The molecule has 1 saturated heterocycles. The number of nitrogens with one attached hydrogen (secondary N) is 1. The second kappa shape index (κ2) is 6.29. The summed E-state index contributed by atoms with van der Waals surface area (Å²) in [4.78, 5) is 11.6. The highest BCUT2D eigenvalue weighted by Crippen LogP contribution is 2.27. The molecule has 6 heteroatoms. The minimum absolute atomic E-state index is 0.293. The Kier molecular flexibility index (Phi) is 3.67. The molecule has 4 rings (SSSR count). The molecule has 0 radical (unpaired) electrons. The van der Waals surface area contributed by atoms with Gasteiger partial charge in [-0.3, -0.25) is 4.79 Å². The van der Waals surface area contributed by atoms with Crippen LogP contribution in [0.2, 0.25) is 0 Å². The molecule has 2 heterocycles. The molecule has 128 valence electrons. The van der Waals surface area contributed by atoms with Crippen LogP contribution in [0.25, 0.3) is 16.6 Å². The molecular weight excluding hydrogens is 319 g/mol. The molecule has 3 N–H and O–H groups in total. The van der Waals surface area contributed by atoms with Crippen molar-refractivity contribution in [3.63, 3.8) is 0 Å². The van der Waals surface area contributed by atoms with Crippen LogP contribution in [0.3, 0.4) is 0 Å². The monoisotopic (exact) mass is 339 g/mol. The highest BCUT2D eigenvalue weighted by Gasteiger charge is 2.25. The summed E-state index contributed by atoms with van der Waals surface area (Å²) in [6.45, 7) is 0.892. The molecule has 1 aromatic heterocycles. The summed E-state index contributed by atoms with van der Waals surface area (Å²) < 4.78 is 24.5. The summed E-state index contributed by atoms with van der Waals surface area (Å²) in [6.07, 6.45) is 0.957. The van der Waals surface area contributed by atoms with Crippen molar-refractivity contribution in [1.29, 1.82) is 0 Å². The number of carbonyl (C=O) groups is 1. The Hall–Kier alpha value is -2.73. The summed E-state index contributed by atoms with van der Waals surface area (Å²) >= 11 is 0. The number of halogens is 1. The Labute approximate surface area is 146 Å². The van der Waals surface area contributed by atoms with E-state index in [1.807, 2.05) is 24.4 Å². The first-order valence-electron chi connectivity index (χ1n) is 8.73. The lowest BCUT2D eigenvalue weighted by Crippen LogP contribution is -2.36. The molecule has 0 unspecified atom stereocenters. The molecule has 1 aliphatic heterocycles. The first kappa shape index (κ1) is 14.6. The predicted octanol–water partition coefficient (Wildman–Crippen LogP) is 2.54. The van der Waals surface area contributed by atoms with E-state index in [0.29, 0.717) is 36.2 Å². The van der Waals surface area contributed by atoms with Crippen molar-refractivity contribution in [2.24, 2.45) is 5.73 Å². The number of fused-ring (bicyclic) bond motifs is 1. The summed E-state index contributed by atoms with van der Waals surface area (Å²) in [5.41, 5.74) is 7.72. The lowest BCUT2D eigenvalue weighted by atomic mass is 9.90. The molecule has 2 aromatic carbocycles. The van der Waals surface area contributed by atoms with Gasteiger partial charge in [0.15, 0.2) is 0 Å². The van der Waals surface area contributed by atoms with Gasteiger partial charge in [0.2, 0.25) is 0 Å². The van der Waals surface area contributed by atoms with Crippen molar-refractivity contribution >= 4 is 16.8 Å². The molecule has 1 amide bonds. The maximum Gasteiger partial charge on any atom is 0.250 e. The van der Waals surface area contributed by atoms with Crippen LogP contribution in [-0.4, -0.2) is 34.9 Å². The van der Waals surface area contributed by atoms with Gasteiger partial charge < -0.3 is 11.1 Å². The van der Waals surface area contributed by atoms with Crippen LogP contribution in [0.15, 0.2) is 48.7 Å². The maximum absolute atomic E-state index is 14.3. The second-order valence-electron chi connectivity index (χ2n) is 6.19. The number of rotatable bonds is 3. The Bertz CT molecular complexity index is 971. The minimum atomic E-state index is -1.27. The molecule has 0 saturated carbocycles. The normalized spacial score (nSPS) is 24.2. The summed E-state index contributed by atoms with van der Waals surface area (Å²) in [5.74, 6) is -1.80. The van der Waals surface area contributed by atoms with Crippen molar-refractivity contribution < 1.29 is 10.6 Å². The molecule has 1 aliphatic rings. The number of benzene rings is 2. The van der Waals surface area contributed by atoms with Gasteiger partial charge in [-0.25, -0.2) is 9.07 Å². The van der Waals surface area contributed by atoms with Crippen molar-refractivity contribution in [2.45, 2.75) is 18.5 Å². The lowest BCUT2D eigenvalue weighted by Gasteiger charge is -2.27. The average molecular weight is 339 g/mol. The summed E-state index contributed by atoms with van der Waals surface area (Å²) in [6, 6.07) is 12.4. The summed E-state index contributed by atoms with van der Waals surface area (Å²) in [5, 5.41) is 8.37. The third-order valence-corrected chi connectivity index (χ3v) is 4.57. The Morgan fingerprint density at radius 1 is 1.32 bits per heavy atom. The van der Waals surface area contributed by atoms with Gasteiger partial charge in [0.25, 0.3) is 5.91 Å². The number of hydrogen-bond donors (Lipinski definition) is 2. The van der Waals surface area contributed by atoms with Gasteiger partial charge in [-0.15, -0.1) is 0 Å². The van der Waals surface area contributed by atoms with Crippen molar-refractivity contribution in [1.82, 2.24) is 15.1 Å². The van der Waals surface area contributed by atoms with Crippen molar-refractivity contribution in [3.05, 3.63) is 59.8 Å². The summed E-state index contributed by atoms with van der Waals surface area (Å²) in [7, 11) is 0. The van der Waals surface area contributed by atoms with E-state index in [0.717, 1.165) is 11.1 Å². The fourth-order valence-electron chi connectivity index (χ4n) is 3.22. The number of nitrogens with zero attached hydrogens (tertiary/aromatic N) is 2. The smallest absolute Gasteiger partial charge is 0.250 e. The number of carbonyl (C=O) groups excluding carboxylic acids is 1. The van der Waals surface area contributed by atoms with E-state index in [1.54, 1.807) is 28.9 Å². The van der Waals surface area contributed by atoms with Crippen LogP contribution in [0.5, 0.6) is 0 Å². The molecule has 0 aliphatic carbocycles. The van der Waals surface area contributed by atoms with E-state index < -0.39 is 18.0 Å². The van der Waals surface area contributed by atoms with E-state index in [-0.39, 0.29) is 0 Å². The Morgan fingerprint density at radius 2 is 2.12 bits per heavy atom. The van der Waals surface area contributed by atoms with E-state index in [4.69, 9.17) is 7.10 Å². The standard InChI is InChI=1S/C19H19FN4O/c20-17-8-9-22-10-16(17)12-4-6-14(7-5-12)24-11-13-2-1-3-15(19(21)25)18(13)23-24/h1-7,11,16-17,22H,8-10H2,(H2,21,25)/t16-,17+/m0/s1/i16D. The van der Waals surface area contributed by atoms with Crippen molar-refractivity contribution in [3.8, 4) is 5.69 Å². The third-order valence-electron chi connectivity index (χ3n) is 4.57. The van der Waals surface area contributed by atoms with Gasteiger partial charge in [0, 0.05) is 25.4 Å². The first-order chi connectivity index (χ1) is 12.5. The number of amides is 1. The van der Waals surface area contributed by atoms with E-state index in [1.165, 1.54) is 0 Å². The molecule has 5 nitrogen and oxygen atoms in total. The van der Waals surface area contributed by atoms with E-state index in [2.05, 4.69) is 10.4 Å². The largest absolute Gasteiger partial charge is 0.366 e. The maximum atomic E-state index is 14.3. The van der Waals surface area contributed by atoms with Gasteiger partial charge in [-0.05, 0) is 36.7 Å². The number of alkyl halides is 1. The molecule has 0 bridgehead atoms. The number of aromatic nitrogens is 2. The Morgan fingerprint density at radius 3 is 2.84 bits per heavy atom. The first-order valence-corrected chi connectivity index (χ1v) is 8.23. The predicted molar refractivity (Wildman–Crippen MR) is 94.7 cm³/mol. The van der Waals surface area contributed by atoms with Crippen LogP contribution in [0.4, 0.5) is 4.39 Å². The van der Waals surface area contributed by atoms with Crippen LogP contribution in [-0.2, 0) is 0 Å². The fourth-order valence-corrected chi connectivity index (χ4v) is 3.22. The molecule has 1 fully saturated rings. The van der Waals surface area contributed by atoms with Crippen LogP contribution >= 0.6 is 0 Å². The topological polar surface area (TPSA) is 72.9 Å². The SMILES string of the molecule is [2H][C@@]1(c2ccc(-n3cc4cccc(C(N)=O)c4n3)cc2)CNCC[C@H]1F. The quantitative estimate of drug-likeness (QED) is 0.770. The lowest BCUT2D eigenvalue weighted by molar-refractivity contribution is 0.100. The molecule has 0 spiro atoms. The molecule has 25 heavy (non-hydrogen) atoms. The number of primary amides is 1. The highest BCUT2D eigenvalue weighted by molar-refractivity contribution is 6.04. The zero-order chi connectivity index (χ0) is 18.3. The molecule has 3 aromatic rings. The van der Waals surface area contributed by atoms with E-state index in [9.17, 15) is 9.18 Å². The van der Waals surface area contributed by atoms with Crippen LogP contribution < -0.4 is 11.1 Å². The number of nitrogens with two attached hydrogens (primary N) is 1. The highest BCUT2D eigenvalue weighted by atomic mass is 19.1. The fraction of sp³-hybridized carbons (Fsp3) is 0.263. The number of hydrogen-bond acceptors (Lipinski definition) is 3. The molecule has 2 atom stereocenters. The minimum Gasteiger partial charge on any atom is -0.366 e. The van der Waals surface area contributed by atoms with Gasteiger partial charge in [-0.1, -0.05) is 24.3 Å². The van der Waals surface area contributed by atoms with Gasteiger partial charge in [0.05, 0.1) is 11.3 Å². The van der Waals surface area contributed by atoms with E-state index >= 15 is 0 Å². The van der Waals surface area contributed by atoms with Crippen molar-refractivity contribution in [2.75, 3.05) is 13.1 Å².